The maximum atomic E-state index is 13.1. The molecule has 0 aliphatic carbocycles. The average Bonchev–Trinajstić information content (AvgIpc) is 2.73. The summed E-state index contributed by atoms with van der Waals surface area (Å²) in [7, 11) is -0.840. The van der Waals surface area contributed by atoms with Crippen LogP contribution in [0.15, 0.2) is 23.1 Å². The Balaban J connectivity index is 2.35. The molecule has 2 N–H and O–H groups in total. The lowest BCUT2D eigenvalue weighted by Gasteiger charge is -2.31. The number of rotatable bonds is 8. The minimum Gasteiger partial charge on any atom is -0.378 e. The van der Waals surface area contributed by atoms with Crippen LogP contribution in [0.4, 0.5) is 5.69 Å². The fourth-order valence-electron chi connectivity index (χ4n) is 2.96. The van der Waals surface area contributed by atoms with E-state index in [9.17, 15) is 18.0 Å². The number of carbonyl (C=O) groups excluding carboxylic acids is 2. The van der Waals surface area contributed by atoms with Crippen molar-refractivity contribution in [1.82, 2.24) is 14.9 Å². The van der Waals surface area contributed by atoms with Crippen molar-refractivity contribution in [1.29, 1.82) is 0 Å². The molecule has 0 bridgehead atoms. The number of benzene rings is 1. The monoisotopic (exact) mass is 440 g/mol. The molecule has 2 amide bonds. The molecule has 0 spiro atoms. The van der Waals surface area contributed by atoms with Gasteiger partial charge in [0.05, 0.1) is 23.7 Å². The van der Waals surface area contributed by atoms with Gasteiger partial charge in [-0.3, -0.25) is 9.59 Å². The molecule has 168 valence electrons. The highest BCUT2D eigenvalue weighted by molar-refractivity contribution is 7.89. The first-order chi connectivity index (χ1) is 14.1. The molecule has 2 rings (SSSR count). The molecule has 1 aliphatic rings. The van der Waals surface area contributed by atoms with Gasteiger partial charge in [0.2, 0.25) is 15.9 Å². The van der Waals surface area contributed by atoms with Crippen LogP contribution >= 0.6 is 0 Å². The smallest absolute Gasteiger partial charge is 0.254 e. The van der Waals surface area contributed by atoms with Crippen molar-refractivity contribution in [2.45, 2.75) is 44.2 Å². The van der Waals surface area contributed by atoms with Gasteiger partial charge in [-0.15, -0.1) is 0 Å². The summed E-state index contributed by atoms with van der Waals surface area (Å²) in [4.78, 5) is 27.4. The third-order valence-corrected chi connectivity index (χ3v) is 6.90. The lowest BCUT2D eigenvalue weighted by Crippen LogP contribution is -2.47. The van der Waals surface area contributed by atoms with Crippen LogP contribution in [0.3, 0.4) is 0 Å². The number of ether oxygens (including phenoxy) is 1. The van der Waals surface area contributed by atoms with Crippen molar-refractivity contribution in [3.8, 4) is 0 Å². The number of nitrogens with one attached hydrogen (secondary N) is 2. The summed E-state index contributed by atoms with van der Waals surface area (Å²) in [5.74, 6) is -0.790. The number of sulfonamides is 1. The summed E-state index contributed by atoms with van der Waals surface area (Å²) in [6.07, 6.45) is 0.776. The van der Waals surface area contributed by atoms with E-state index in [1.165, 1.54) is 26.2 Å². The largest absolute Gasteiger partial charge is 0.378 e. The van der Waals surface area contributed by atoms with E-state index in [1.54, 1.807) is 13.0 Å². The van der Waals surface area contributed by atoms with Gasteiger partial charge in [-0.1, -0.05) is 6.92 Å². The summed E-state index contributed by atoms with van der Waals surface area (Å²) in [6, 6.07) is 3.73. The quantitative estimate of drug-likeness (QED) is 0.619. The Morgan fingerprint density at radius 2 is 1.80 bits per heavy atom. The minimum absolute atomic E-state index is 0.00525. The lowest BCUT2D eigenvalue weighted by molar-refractivity contribution is -0.123. The zero-order valence-corrected chi connectivity index (χ0v) is 19.1. The summed E-state index contributed by atoms with van der Waals surface area (Å²) < 4.78 is 31.6. The highest BCUT2D eigenvalue weighted by atomic mass is 32.2. The van der Waals surface area contributed by atoms with E-state index in [2.05, 4.69) is 10.6 Å². The third-order valence-electron chi connectivity index (χ3n) is 5.08. The number of anilines is 1. The molecule has 2 unspecified atom stereocenters. The predicted octanol–water partition coefficient (Wildman–Crippen LogP) is 0.807. The van der Waals surface area contributed by atoms with Gasteiger partial charge in [0, 0.05) is 38.9 Å². The van der Waals surface area contributed by atoms with Crippen molar-refractivity contribution in [2.75, 3.05) is 45.3 Å². The lowest BCUT2D eigenvalue weighted by atomic mass is 10.1. The topological polar surface area (TPSA) is 108 Å². The SMILES string of the molecule is CCC(C)NC(=O)C(C)NC(=O)c1cc(S(=O)(=O)N(C)C)ccc1N1CCOCC1. The number of carbonyl (C=O) groups is 2. The zero-order valence-electron chi connectivity index (χ0n) is 18.3. The van der Waals surface area contributed by atoms with Crippen LogP contribution in [0.25, 0.3) is 0 Å². The predicted molar refractivity (Wildman–Crippen MR) is 115 cm³/mol. The van der Waals surface area contributed by atoms with Crippen LogP contribution in [0, 0.1) is 0 Å². The molecule has 9 nitrogen and oxygen atoms in total. The van der Waals surface area contributed by atoms with E-state index < -0.39 is 22.0 Å². The van der Waals surface area contributed by atoms with Gasteiger partial charge in [-0.05, 0) is 38.5 Å². The van der Waals surface area contributed by atoms with E-state index in [0.29, 0.717) is 32.0 Å². The first kappa shape index (κ1) is 24.1. The van der Waals surface area contributed by atoms with Gasteiger partial charge in [0.1, 0.15) is 6.04 Å². The van der Waals surface area contributed by atoms with Crippen molar-refractivity contribution in [2.24, 2.45) is 0 Å². The standard InChI is InChI=1S/C20H32N4O5S/c1-6-14(2)21-19(25)15(3)22-20(26)17-13-16(30(27,28)23(4)5)7-8-18(17)24-9-11-29-12-10-24/h7-8,13-15H,6,9-12H2,1-5H3,(H,21,25)(H,22,26). The number of nitrogens with zero attached hydrogens (tertiary/aromatic N) is 2. The number of morpholine rings is 1. The maximum absolute atomic E-state index is 13.1. The van der Waals surface area contributed by atoms with Gasteiger partial charge in [0.15, 0.2) is 0 Å². The summed E-state index contributed by atoms with van der Waals surface area (Å²) >= 11 is 0. The molecule has 0 radical (unpaired) electrons. The van der Waals surface area contributed by atoms with Gasteiger partial charge in [-0.25, -0.2) is 12.7 Å². The second-order valence-electron chi connectivity index (χ2n) is 7.58. The summed E-state index contributed by atoms with van der Waals surface area (Å²) in [6.45, 7) is 7.66. The van der Waals surface area contributed by atoms with Gasteiger partial charge < -0.3 is 20.3 Å². The fourth-order valence-corrected chi connectivity index (χ4v) is 3.89. The van der Waals surface area contributed by atoms with Crippen LogP contribution in [-0.4, -0.2) is 77.0 Å². The summed E-state index contributed by atoms with van der Waals surface area (Å²) in [5.41, 5.74) is 0.825. The zero-order chi connectivity index (χ0) is 22.5. The third kappa shape index (κ3) is 5.71. The van der Waals surface area contributed by atoms with Crippen molar-refractivity contribution in [3.05, 3.63) is 23.8 Å². The molecule has 1 aromatic carbocycles. The minimum atomic E-state index is -3.71. The molecule has 0 saturated carbocycles. The summed E-state index contributed by atoms with van der Waals surface area (Å²) in [5, 5.41) is 5.53. The molecule has 2 atom stereocenters. The van der Waals surface area contributed by atoms with Crippen LogP contribution < -0.4 is 15.5 Å². The van der Waals surface area contributed by atoms with E-state index in [0.717, 1.165) is 10.7 Å². The second kappa shape index (κ2) is 10.2. The molecule has 1 aliphatic heterocycles. The Bertz CT molecular complexity index is 866. The second-order valence-corrected chi connectivity index (χ2v) is 9.73. The maximum Gasteiger partial charge on any atom is 0.254 e. The Kier molecular flexibility index (Phi) is 8.22. The van der Waals surface area contributed by atoms with Crippen molar-refractivity contribution < 1.29 is 22.7 Å². The molecular formula is C20H32N4O5S. The number of hydrogen-bond acceptors (Lipinski definition) is 6. The molecule has 1 fully saturated rings. The van der Waals surface area contributed by atoms with E-state index in [1.807, 2.05) is 18.7 Å². The molecule has 10 heteroatoms. The Morgan fingerprint density at radius 3 is 2.37 bits per heavy atom. The van der Waals surface area contributed by atoms with Crippen LogP contribution in [0.2, 0.25) is 0 Å². The van der Waals surface area contributed by atoms with Gasteiger partial charge in [-0.2, -0.15) is 0 Å². The molecule has 1 saturated heterocycles. The molecule has 1 heterocycles. The normalized spacial score (nSPS) is 16.8. The van der Waals surface area contributed by atoms with E-state index in [-0.39, 0.29) is 22.4 Å². The first-order valence-corrected chi connectivity index (χ1v) is 11.5. The Labute approximate surface area is 178 Å². The highest BCUT2D eigenvalue weighted by Crippen LogP contribution is 2.26. The van der Waals surface area contributed by atoms with Crippen molar-refractivity contribution in [3.63, 3.8) is 0 Å². The van der Waals surface area contributed by atoms with Gasteiger partial charge in [0.25, 0.3) is 5.91 Å². The van der Waals surface area contributed by atoms with Crippen molar-refractivity contribution >= 4 is 27.5 Å². The number of amides is 2. The van der Waals surface area contributed by atoms with E-state index >= 15 is 0 Å². The Morgan fingerprint density at radius 1 is 1.17 bits per heavy atom. The average molecular weight is 441 g/mol. The molecule has 30 heavy (non-hydrogen) atoms. The fraction of sp³-hybridized carbons (Fsp3) is 0.600. The highest BCUT2D eigenvalue weighted by Gasteiger charge is 2.26. The van der Waals surface area contributed by atoms with Crippen LogP contribution in [0.5, 0.6) is 0 Å². The Hall–Kier alpha value is -2.17. The van der Waals surface area contributed by atoms with E-state index in [4.69, 9.17) is 4.74 Å². The molecule has 0 aromatic heterocycles. The van der Waals surface area contributed by atoms with Gasteiger partial charge >= 0.3 is 0 Å². The van der Waals surface area contributed by atoms with Crippen LogP contribution in [-0.2, 0) is 19.6 Å². The number of hydrogen-bond donors (Lipinski definition) is 2. The van der Waals surface area contributed by atoms with Crippen LogP contribution in [0.1, 0.15) is 37.6 Å². The first-order valence-electron chi connectivity index (χ1n) is 10.1. The molecule has 1 aromatic rings. The molecular weight excluding hydrogens is 408 g/mol.